The van der Waals surface area contributed by atoms with Gasteiger partial charge in [0.15, 0.2) is 5.11 Å². The predicted molar refractivity (Wildman–Crippen MR) is 96.6 cm³/mol. The molecule has 21 heavy (non-hydrogen) atoms. The van der Waals surface area contributed by atoms with Crippen LogP contribution in [0.3, 0.4) is 0 Å². The quantitative estimate of drug-likeness (QED) is 0.722. The molecule has 0 aliphatic heterocycles. The lowest BCUT2D eigenvalue weighted by atomic mass is 9.98. The molecule has 0 fully saturated rings. The molecule has 2 rings (SSSR count). The number of aryl methyl sites for hydroxylation is 1. The lowest BCUT2D eigenvalue weighted by Crippen LogP contribution is -2.20. The van der Waals surface area contributed by atoms with Gasteiger partial charge >= 0.3 is 0 Å². The Morgan fingerprint density at radius 2 is 1.81 bits per heavy atom. The van der Waals surface area contributed by atoms with Gasteiger partial charge in [0.05, 0.1) is 0 Å². The maximum absolute atomic E-state index is 5.98. The zero-order valence-corrected chi connectivity index (χ0v) is 14.0. The summed E-state index contributed by atoms with van der Waals surface area (Å²) in [6.45, 7) is 6.43. The average molecular weight is 319 g/mol. The highest BCUT2D eigenvalue weighted by Gasteiger charge is 2.10. The van der Waals surface area contributed by atoms with Gasteiger partial charge in [-0.1, -0.05) is 49.7 Å². The first-order valence-corrected chi connectivity index (χ1v) is 7.69. The second-order valence-electron chi connectivity index (χ2n) is 5.28. The molecule has 0 aliphatic rings. The van der Waals surface area contributed by atoms with Crippen molar-refractivity contribution in [2.45, 2.75) is 26.7 Å². The molecule has 0 spiro atoms. The standard InChI is InChI=1S/C17H19ClN2S/c1-11(2)15-9-4-6-12(3)16(15)20-17(21)19-14-8-5-7-13(18)10-14/h4-11H,1-3H3,(H2,19,20,21). The third-order valence-corrected chi connectivity index (χ3v) is 3.69. The summed E-state index contributed by atoms with van der Waals surface area (Å²) in [6, 6.07) is 13.8. The minimum absolute atomic E-state index is 0.432. The van der Waals surface area contributed by atoms with Crippen LogP contribution in [0.1, 0.15) is 30.9 Å². The van der Waals surface area contributed by atoms with Gasteiger partial charge in [0.1, 0.15) is 0 Å². The van der Waals surface area contributed by atoms with Crippen LogP contribution in [0.2, 0.25) is 5.02 Å². The first-order chi connectivity index (χ1) is 9.97. The zero-order chi connectivity index (χ0) is 15.4. The van der Waals surface area contributed by atoms with Gasteiger partial charge in [-0.3, -0.25) is 0 Å². The molecule has 0 heterocycles. The number of halogens is 1. The normalized spacial score (nSPS) is 10.5. The largest absolute Gasteiger partial charge is 0.332 e. The number of thiocarbonyl (C=S) groups is 1. The predicted octanol–water partition coefficient (Wildman–Crippen LogP) is 5.58. The fraction of sp³-hybridized carbons (Fsp3) is 0.235. The fourth-order valence-corrected chi connectivity index (χ4v) is 2.59. The van der Waals surface area contributed by atoms with Crippen LogP contribution in [-0.4, -0.2) is 5.11 Å². The Hall–Kier alpha value is -1.58. The first kappa shape index (κ1) is 15.8. The molecule has 0 saturated heterocycles. The summed E-state index contributed by atoms with van der Waals surface area (Å²) in [5, 5.41) is 7.71. The number of para-hydroxylation sites is 1. The maximum Gasteiger partial charge on any atom is 0.175 e. The molecule has 0 aliphatic carbocycles. The van der Waals surface area contributed by atoms with Gasteiger partial charge in [-0.25, -0.2) is 0 Å². The summed E-state index contributed by atoms with van der Waals surface area (Å²) in [5.74, 6) is 0.432. The molecule has 2 N–H and O–H groups in total. The summed E-state index contributed by atoms with van der Waals surface area (Å²) in [5.41, 5.74) is 4.38. The van der Waals surface area contributed by atoms with E-state index in [-0.39, 0.29) is 0 Å². The number of benzene rings is 2. The Morgan fingerprint density at radius 3 is 2.48 bits per heavy atom. The van der Waals surface area contributed by atoms with Crippen LogP contribution in [0.5, 0.6) is 0 Å². The molecule has 2 aromatic carbocycles. The van der Waals surface area contributed by atoms with Crippen LogP contribution >= 0.6 is 23.8 Å². The van der Waals surface area contributed by atoms with Crippen molar-refractivity contribution in [3.8, 4) is 0 Å². The van der Waals surface area contributed by atoms with Gasteiger partial charge in [-0.15, -0.1) is 0 Å². The third-order valence-electron chi connectivity index (χ3n) is 3.25. The van der Waals surface area contributed by atoms with E-state index in [1.165, 1.54) is 11.1 Å². The number of hydrogen-bond acceptors (Lipinski definition) is 1. The minimum Gasteiger partial charge on any atom is -0.332 e. The average Bonchev–Trinajstić information content (AvgIpc) is 2.40. The molecule has 0 unspecified atom stereocenters. The summed E-state index contributed by atoms with van der Waals surface area (Å²) in [4.78, 5) is 0. The number of rotatable bonds is 3. The summed E-state index contributed by atoms with van der Waals surface area (Å²) < 4.78 is 0. The third kappa shape index (κ3) is 4.19. The van der Waals surface area contributed by atoms with Crippen LogP contribution < -0.4 is 10.6 Å². The molecule has 0 bridgehead atoms. The fourth-order valence-electron chi connectivity index (χ4n) is 2.18. The van der Waals surface area contributed by atoms with Gasteiger partial charge in [0.2, 0.25) is 0 Å². The van der Waals surface area contributed by atoms with Crippen LogP contribution in [0.25, 0.3) is 0 Å². The number of nitrogens with one attached hydrogen (secondary N) is 2. The van der Waals surface area contributed by atoms with E-state index in [9.17, 15) is 0 Å². The Balaban J connectivity index is 2.17. The second kappa shape index (κ2) is 6.92. The van der Waals surface area contributed by atoms with Crippen molar-refractivity contribution < 1.29 is 0 Å². The monoisotopic (exact) mass is 318 g/mol. The SMILES string of the molecule is Cc1cccc(C(C)C)c1NC(=S)Nc1cccc(Cl)c1. The number of hydrogen-bond donors (Lipinski definition) is 2. The van der Waals surface area contributed by atoms with Crippen molar-refractivity contribution in [3.05, 3.63) is 58.6 Å². The highest BCUT2D eigenvalue weighted by atomic mass is 35.5. The zero-order valence-electron chi connectivity index (χ0n) is 12.4. The molecule has 4 heteroatoms. The Kier molecular flexibility index (Phi) is 5.21. The molecule has 0 radical (unpaired) electrons. The molecule has 0 saturated carbocycles. The molecule has 2 aromatic rings. The van der Waals surface area contributed by atoms with E-state index < -0.39 is 0 Å². The van der Waals surface area contributed by atoms with E-state index in [1.807, 2.05) is 24.3 Å². The van der Waals surface area contributed by atoms with Crippen molar-refractivity contribution in [1.82, 2.24) is 0 Å². The van der Waals surface area contributed by atoms with Crippen molar-refractivity contribution in [3.63, 3.8) is 0 Å². The van der Waals surface area contributed by atoms with Gasteiger partial charge in [0, 0.05) is 16.4 Å². The Bertz CT molecular complexity index is 653. The van der Waals surface area contributed by atoms with Crippen LogP contribution in [0.4, 0.5) is 11.4 Å². The van der Waals surface area contributed by atoms with Crippen LogP contribution in [0.15, 0.2) is 42.5 Å². The molecule has 2 nitrogen and oxygen atoms in total. The van der Waals surface area contributed by atoms with E-state index in [0.717, 1.165) is 11.4 Å². The Labute approximate surface area is 136 Å². The van der Waals surface area contributed by atoms with Gasteiger partial charge in [0.25, 0.3) is 0 Å². The molecule has 0 aromatic heterocycles. The molecule has 0 atom stereocenters. The van der Waals surface area contributed by atoms with Gasteiger partial charge in [-0.05, 0) is 54.4 Å². The highest BCUT2D eigenvalue weighted by molar-refractivity contribution is 7.80. The first-order valence-electron chi connectivity index (χ1n) is 6.90. The molecular formula is C17H19ClN2S. The summed E-state index contributed by atoms with van der Waals surface area (Å²) >= 11 is 11.4. The van der Waals surface area contributed by atoms with Gasteiger partial charge < -0.3 is 10.6 Å². The van der Waals surface area contributed by atoms with E-state index in [0.29, 0.717) is 16.1 Å². The number of anilines is 2. The maximum atomic E-state index is 5.98. The summed E-state index contributed by atoms with van der Waals surface area (Å²) in [6.07, 6.45) is 0. The molecular weight excluding hydrogens is 300 g/mol. The smallest absolute Gasteiger partial charge is 0.175 e. The topological polar surface area (TPSA) is 24.1 Å². The minimum atomic E-state index is 0.432. The second-order valence-corrected chi connectivity index (χ2v) is 6.13. The Morgan fingerprint density at radius 1 is 1.10 bits per heavy atom. The van der Waals surface area contributed by atoms with E-state index >= 15 is 0 Å². The van der Waals surface area contributed by atoms with Crippen LogP contribution in [-0.2, 0) is 0 Å². The molecule has 0 amide bonds. The molecule has 110 valence electrons. The van der Waals surface area contributed by atoms with Crippen molar-refractivity contribution >= 4 is 40.3 Å². The van der Waals surface area contributed by atoms with Crippen LogP contribution in [0, 0.1) is 6.92 Å². The summed E-state index contributed by atoms with van der Waals surface area (Å²) in [7, 11) is 0. The van der Waals surface area contributed by atoms with E-state index in [1.54, 1.807) is 0 Å². The van der Waals surface area contributed by atoms with Crippen molar-refractivity contribution in [2.24, 2.45) is 0 Å². The van der Waals surface area contributed by atoms with Crippen molar-refractivity contribution in [1.29, 1.82) is 0 Å². The lowest BCUT2D eigenvalue weighted by molar-refractivity contribution is 0.868. The lowest BCUT2D eigenvalue weighted by Gasteiger charge is -2.18. The van der Waals surface area contributed by atoms with Crippen molar-refractivity contribution in [2.75, 3.05) is 10.6 Å². The van der Waals surface area contributed by atoms with E-state index in [2.05, 4.69) is 49.6 Å². The highest BCUT2D eigenvalue weighted by Crippen LogP contribution is 2.27. The van der Waals surface area contributed by atoms with Gasteiger partial charge in [-0.2, -0.15) is 0 Å². The van der Waals surface area contributed by atoms with E-state index in [4.69, 9.17) is 23.8 Å².